The van der Waals surface area contributed by atoms with E-state index in [1.807, 2.05) is 42.5 Å². The van der Waals surface area contributed by atoms with Crippen LogP contribution in [0, 0.1) is 5.92 Å². The molecular weight excluding hydrogens is 340 g/mol. The second kappa shape index (κ2) is 9.14. The first-order valence-corrected chi connectivity index (χ1v) is 9.12. The van der Waals surface area contributed by atoms with Gasteiger partial charge in [-0.05, 0) is 54.2 Å². The molecule has 2 amide bonds. The number of hydrogen-bond acceptors (Lipinski definition) is 3. The molecule has 2 aromatic carbocycles. The van der Waals surface area contributed by atoms with Crippen molar-refractivity contribution in [1.82, 2.24) is 0 Å². The molecule has 0 unspecified atom stereocenters. The van der Waals surface area contributed by atoms with Crippen molar-refractivity contribution in [2.45, 2.75) is 25.9 Å². The highest BCUT2D eigenvalue weighted by atomic mass is 16.5. The first-order chi connectivity index (χ1) is 13.1. The van der Waals surface area contributed by atoms with Crippen LogP contribution in [0.4, 0.5) is 11.4 Å². The summed E-state index contributed by atoms with van der Waals surface area (Å²) in [5.74, 6) is 0.280. The summed E-state index contributed by atoms with van der Waals surface area (Å²) in [5.41, 5.74) is 3.13. The highest BCUT2D eigenvalue weighted by Gasteiger charge is 2.21. The Labute approximate surface area is 159 Å². The Morgan fingerprint density at radius 2 is 1.93 bits per heavy atom. The zero-order valence-electron chi connectivity index (χ0n) is 15.2. The summed E-state index contributed by atoms with van der Waals surface area (Å²) in [7, 11) is 0. The number of amides is 2. The number of anilines is 2. The molecule has 0 atom stereocenters. The molecule has 5 heteroatoms. The van der Waals surface area contributed by atoms with Gasteiger partial charge in [0.05, 0.1) is 13.0 Å². The summed E-state index contributed by atoms with van der Waals surface area (Å²) in [5, 5.41) is 5.63. The molecule has 27 heavy (non-hydrogen) atoms. The SMILES string of the molecule is C=CC(=O)Nc1ccccc1CC(=O)Nc1cccc(COCC2CC2)c1. The van der Waals surface area contributed by atoms with E-state index in [9.17, 15) is 9.59 Å². The fourth-order valence-electron chi connectivity index (χ4n) is 2.73. The van der Waals surface area contributed by atoms with Crippen molar-refractivity contribution in [2.75, 3.05) is 17.2 Å². The number of benzene rings is 2. The summed E-state index contributed by atoms with van der Waals surface area (Å²) in [4.78, 5) is 24.0. The lowest BCUT2D eigenvalue weighted by Gasteiger charge is -2.11. The van der Waals surface area contributed by atoms with Gasteiger partial charge in [0.1, 0.15) is 0 Å². The topological polar surface area (TPSA) is 67.4 Å². The normalized spacial score (nSPS) is 13.0. The van der Waals surface area contributed by atoms with Gasteiger partial charge >= 0.3 is 0 Å². The van der Waals surface area contributed by atoms with E-state index in [2.05, 4.69) is 17.2 Å². The fraction of sp³-hybridized carbons (Fsp3) is 0.273. The Balaban J connectivity index is 1.57. The van der Waals surface area contributed by atoms with Gasteiger partial charge in [0.15, 0.2) is 0 Å². The molecule has 1 aliphatic rings. The minimum atomic E-state index is -0.304. The summed E-state index contributed by atoms with van der Waals surface area (Å²) in [6, 6.07) is 14.9. The lowest BCUT2D eigenvalue weighted by atomic mass is 10.1. The standard InChI is InChI=1S/C22H24N2O3/c1-2-21(25)24-20-9-4-3-7-18(20)13-22(26)23-19-8-5-6-17(12-19)15-27-14-16-10-11-16/h2-9,12,16H,1,10-11,13-15H2,(H,23,26)(H,24,25). The van der Waals surface area contributed by atoms with Crippen LogP contribution in [-0.2, 0) is 27.4 Å². The van der Waals surface area contributed by atoms with E-state index in [0.717, 1.165) is 29.3 Å². The maximum Gasteiger partial charge on any atom is 0.247 e. The molecule has 0 aromatic heterocycles. The second-order valence-electron chi connectivity index (χ2n) is 6.73. The van der Waals surface area contributed by atoms with Crippen LogP contribution in [0.2, 0.25) is 0 Å². The smallest absolute Gasteiger partial charge is 0.247 e. The van der Waals surface area contributed by atoms with Crippen molar-refractivity contribution in [1.29, 1.82) is 0 Å². The van der Waals surface area contributed by atoms with E-state index in [1.54, 1.807) is 6.07 Å². The predicted octanol–water partition coefficient (Wildman–Crippen LogP) is 3.92. The second-order valence-corrected chi connectivity index (χ2v) is 6.73. The van der Waals surface area contributed by atoms with Crippen LogP contribution >= 0.6 is 0 Å². The molecule has 0 aliphatic heterocycles. The zero-order valence-corrected chi connectivity index (χ0v) is 15.2. The summed E-state index contributed by atoms with van der Waals surface area (Å²) >= 11 is 0. The third-order valence-electron chi connectivity index (χ3n) is 4.34. The molecule has 0 radical (unpaired) electrons. The molecule has 0 spiro atoms. The first-order valence-electron chi connectivity index (χ1n) is 9.12. The van der Waals surface area contributed by atoms with Crippen molar-refractivity contribution in [3.63, 3.8) is 0 Å². The molecular formula is C22H24N2O3. The van der Waals surface area contributed by atoms with Crippen LogP contribution in [0.15, 0.2) is 61.2 Å². The maximum atomic E-state index is 12.4. The van der Waals surface area contributed by atoms with E-state index < -0.39 is 0 Å². The van der Waals surface area contributed by atoms with E-state index in [1.165, 1.54) is 18.9 Å². The summed E-state index contributed by atoms with van der Waals surface area (Å²) in [6.07, 6.45) is 3.90. The van der Waals surface area contributed by atoms with Crippen LogP contribution < -0.4 is 10.6 Å². The fourth-order valence-corrected chi connectivity index (χ4v) is 2.73. The molecule has 1 saturated carbocycles. The number of hydrogen-bond donors (Lipinski definition) is 2. The van der Waals surface area contributed by atoms with Gasteiger partial charge in [0, 0.05) is 18.0 Å². The zero-order chi connectivity index (χ0) is 19.1. The Hall–Kier alpha value is -2.92. The Morgan fingerprint density at radius 1 is 1.11 bits per heavy atom. The van der Waals surface area contributed by atoms with Crippen molar-refractivity contribution in [3.05, 3.63) is 72.3 Å². The van der Waals surface area contributed by atoms with Crippen LogP contribution in [0.3, 0.4) is 0 Å². The number of carbonyl (C=O) groups excluding carboxylic acids is 2. The minimum Gasteiger partial charge on any atom is -0.376 e. The van der Waals surface area contributed by atoms with Gasteiger partial charge in [-0.2, -0.15) is 0 Å². The number of para-hydroxylation sites is 1. The molecule has 5 nitrogen and oxygen atoms in total. The first kappa shape index (κ1) is 18.9. The van der Waals surface area contributed by atoms with Crippen LogP contribution in [0.5, 0.6) is 0 Å². The molecule has 0 heterocycles. The third kappa shape index (κ3) is 6.08. The number of nitrogens with one attached hydrogen (secondary N) is 2. The van der Waals surface area contributed by atoms with Crippen LogP contribution in [0.1, 0.15) is 24.0 Å². The molecule has 2 aromatic rings. The highest BCUT2D eigenvalue weighted by Crippen LogP contribution is 2.29. The number of rotatable bonds is 9. The summed E-state index contributed by atoms with van der Waals surface area (Å²) < 4.78 is 5.70. The third-order valence-corrected chi connectivity index (χ3v) is 4.34. The lowest BCUT2D eigenvalue weighted by Crippen LogP contribution is -2.17. The molecule has 1 aliphatic carbocycles. The summed E-state index contributed by atoms with van der Waals surface area (Å²) in [6.45, 7) is 4.81. The highest BCUT2D eigenvalue weighted by molar-refractivity contribution is 6.00. The van der Waals surface area contributed by atoms with E-state index in [0.29, 0.717) is 12.3 Å². The van der Waals surface area contributed by atoms with Gasteiger partial charge in [-0.1, -0.05) is 36.9 Å². The van der Waals surface area contributed by atoms with Crippen LogP contribution in [0.25, 0.3) is 0 Å². The largest absolute Gasteiger partial charge is 0.376 e. The minimum absolute atomic E-state index is 0.147. The molecule has 2 N–H and O–H groups in total. The number of ether oxygens (including phenoxy) is 1. The van der Waals surface area contributed by atoms with E-state index in [4.69, 9.17) is 4.74 Å². The van der Waals surface area contributed by atoms with Gasteiger partial charge in [0.2, 0.25) is 11.8 Å². The Morgan fingerprint density at radius 3 is 2.70 bits per heavy atom. The molecule has 140 valence electrons. The van der Waals surface area contributed by atoms with Crippen molar-refractivity contribution in [3.8, 4) is 0 Å². The van der Waals surface area contributed by atoms with Gasteiger partial charge in [0.25, 0.3) is 0 Å². The maximum absolute atomic E-state index is 12.4. The van der Waals surface area contributed by atoms with Gasteiger partial charge in [-0.15, -0.1) is 0 Å². The van der Waals surface area contributed by atoms with Gasteiger partial charge in [-0.25, -0.2) is 0 Å². The average Bonchev–Trinajstić information content (AvgIpc) is 3.48. The quantitative estimate of drug-likeness (QED) is 0.663. The molecule has 0 saturated heterocycles. The van der Waals surface area contributed by atoms with Crippen molar-refractivity contribution < 1.29 is 14.3 Å². The van der Waals surface area contributed by atoms with Crippen molar-refractivity contribution in [2.24, 2.45) is 5.92 Å². The van der Waals surface area contributed by atoms with Crippen LogP contribution in [-0.4, -0.2) is 18.4 Å². The van der Waals surface area contributed by atoms with E-state index >= 15 is 0 Å². The average molecular weight is 364 g/mol. The van der Waals surface area contributed by atoms with Gasteiger partial charge in [-0.3, -0.25) is 9.59 Å². The monoisotopic (exact) mass is 364 g/mol. The van der Waals surface area contributed by atoms with E-state index in [-0.39, 0.29) is 18.2 Å². The predicted molar refractivity (Wildman–Crippen MR) is 106 cm³/mol. The Kier molecular flexibility index (Phi) is 6.39. The molecule has 3 rings (SSSR count). The Bertz CT molecular complexity index is 828. The number of carbonyl (C=O) groups is 2. The molecule has 0 bridgehead atoms. The lowest BCUT2D eigenvalue weighted by molar-refractivity contribution is -0.115. The van der Waals surface area contributed by atoms with Crippen molar-refractivity contribution >= 4 is 23.2 Å². The molecule has 1 fully saturated rings. The van der Waals surface area contributed by atoms with Gasteiger partial charge < -0.3 is 15.4 Å².